The molecule has 6 nitrogen and oxygen atoms in total. The lowest BCUT2D eigenvalue weighted by atomic mass is 9.93. The first-order valence-electron chi connectivity index (χ1n) is 6.81. The number of nitrogens with zero attached hydrogens (tertiary/aromatic N) is 2. The number of methoxy groups -OCH3 is 1. The molecule has 0 aliphatic heterocycles. The third kappa shape index (κ3) is 3.71. The van der Waals surface area contributed by atoms with Crippen LogP contribution in [0.1, 0.15) is 25.7 Å². The lowest BCUT2D eigenvalue weighted by molar-refractivity contribution is 0.126. The number of ether oxygens (including phenoxy) is 1. The predicted octanol–water partition coefficient (Wildman–Crippen LogP) is 1.26. The van der Waals surface area contributed by atoms with Crippen LogP contribution in [0.15, 0.2) is 11.0 Å². The highest BCUT2D eigenvalue weighted by Crippen LogP contribution is 2.24. The highest BCUT2D eigenvalue weighted by atomic mass is 35.5. The van der Waals surface area contributed by atoms with Crippen molar-refractivity contribution in [2.75, 3.05) is 19.0 Å². The van der Waals surface area contributed by atoms with E-state index in [-0.39, 0.29) is 22.7 Å². The largest absolute Gasteiger partial charge is 0.393 e. The first-order chi connectivity index (χ1) is 9.61. The first kappa shape index (κ1) is 15.3. The number of aliphatic hydroxyl groups excluding tert-OH is 1. The highest BCUT2D eigenvalue weighted by molar-refractivity contribution is 6.32. The molecule has 0 bridgehead atoms. The molecule has 0 saturated heterocycles. The summed E-state index contributed by atoms with van der Waals surface area (Å²) >= 11 is 6.10. The van der Waals surface area contributed by atoms with E-state index in [0.717, 1.165) is 25.7 Å². The van der Waals surface area contributed by atoms with E-state index < -0.39 is 0 Å². The Bertz CT molecular complexity index is 498. The SMILES string of the molecule is COCCn1ncc(NC2CCC(O)CC2)c(Cl)c1=O. The standard InChI is InChI=1S/C13H20ClN3O3/c1-20-7-6-17-13(19)12(14)11(8-15-17)16-9-2-4-10(18)5-3-9/h8-10,16,18H,2-7H2,1H3. The van der Waals surface area contributed by atoms with Gasteiger partial charge in [0.25, 0.3) is 5.56 Å². The normalized spacial score (nSPS) is 22.8. The van der Waals surface area contributed by atoms with Crippen molar-refractivity contribution in [2.45, 2.75) is 44.4 Å². The molecule has 0 atom stereocenters. The van der Waals surface area contributed by atoms with Crippen LogP contribution in [-0.4, -0.2) is 40.7 Å². The summed E-state index contributed by atoms with van der Waals surface area (Å²) < 4.78 is 6.21. The average molecular weight is 302 g/mol. The van der Waals surface area contributed by atoms with Crippen molar-refractivity contribution >= 4 is 17.3 Å². The smallest absolute Gasteiger partial charge is 0.287 e. The van der Waals surface area contributed by atoms with Crippen molar-refractivity contribution in [1.82, 2.24) is 9.78 Å². The predicted molar refractivity (Wildman–Crippen MR) is 77.3 cm³/mol. The Labute approximate surface area is 122 Å². The van der Waals surface area contributed by atoms with E-state index in [1.165, 1.54) is 4.68 Å². The summed E-state index contributed by atoms with van der Waals surface area (Å²) in [6, 6.07) is 0.229. The maximum absolute atomic E-state index is 12.0. The van der Waals surface area contributed by atoms with Gasteiger partial charge in [-0.1, -0.05) is 11.6 Å². The number of halogens is 1. The Kier molecular flexibility index (Phi) is 5.39. The van der Waals surface area contributed by atoms with Gasteiger partial charge in [-0.15, -0.1) is 0 Å². The highest BCUT2D eigenvalue weighted by Gasteiger charge is 2.20. The lowest BCUT2D eigenvalue weighted by Gasteiger charge is -2.27. The molecule has 0 spiro atoms. The summed E-state index contributed by atoms with van der Waals surface area (Å²) in [5.41, 5.74) is 0.247. The van der Waals surface area contributed by atoms with Crippen LogP contribution in [0, 0.1) is 0 Å². The molecule has 0 radical (unpaired) electrons. The molecule has 1 aliphatic carbocycles. The third-order valence-electron chi connectivity index (χ3n) is 3.55. The minimum absolute atomic E-state index is 0.155. The fourth-order valence-corrected chi connectivity index (χ4v) is 2.54. The zero-order chi connectivity index (χ0) is 14.5. The molecule has 0 amide bonds. The fraction of sp³-hybridized carbons (Fsp3) is 0.692. The Morgan fingerprint density at radius 1 is 1.50 bits per heavy atom. The molecule has 1 aliphatic rings. The molecule has 112 valence electrons. The number of rotatable bonds is 5. The number of anilines is 1. The number of hydrogen-bond donors (Lipinski definition) is 2. The number of nitrogens with one attached hydrogen (secondary N) is 1. The fourth-order valence-electron chi connectivity index (χ4n) is 2.34. The summed E-state index contributed by atoms with van der Waals surface area (Å²) in [5.74, 6) is 0. The molecule has 20 heavy (non-hydrogen) atoms. The van der Waals surface area contributed by atoms with E-state index in [1.54, 1.807) is 13.3 Å². The van der Waals surface area contributed by atoms with Gasteiger partial charge >= 0.3 is 0 Å². The van der Waals surface area contributed by atoms with Crippen LogP contribution in [0.4, 0.5) is 5.69 Å². The topological polar surface area (TPSA) is 76.4 Å². The maximum atomic E-state index is 12.0. The zero-order valence-electron chi connectivity index (χ0n) is 11.5. The van der Waals surface area contributed by atoms with Crippen LogP contribution < -0.4 is 10.9 Å². The van der Waals surface area contributed by atoms with Crippen LogP contribution in [-0.2, 0) is 11.3 Å². The van der Waals surface area contributed by atoms with Gasteiger partial charge in [0.1, 0.15) is 5.02 Å². The lowest BCUT2D eigenvalue weighted by Crippen LogP contribution is -2.31. The molecule has 1 aromatic heterocycles. The molecule has 2 N–H and O–H groups in total. The number of aromatic nitrogens is 2. The summed E-state index contributed by atoms with van der Waals surface area (Å²) in [5, 5.41) is 17.0. The second-order valence-electron chi connectivity index (χ2n) is 5.04. The summed E-state index contributed by atoms with van der Waals surface area (Å²) in [6.07, 6.45) is 4.64. The summed E-state index contributed by atoms with van der Waals surface area (Å²) in [7, 11) is 1.57. The molecule has 1 heterocycles. The maximum Gasteiger partial charge on any atom is 0.287 e. The van der Waals surface area contributed by atoms with E-state index in [0.29, 0.717) is 18.8 Å². The van der Waals surface area contributed by atoms with Crippen molar-refractivity contribution in [1.29, 1.82) is 0 Å². The van der Waals surface area contributed by atoms with Gasteiger partial charge in [0.15, 0.2) is 0 Å². The minimum atomic E-state index is -0.315. The third-order valence-corrected chi connectivity index (χ3v) is 3.91. The van der Waals surface area contributed by atoms with Crippen molar-refractivity contribution in [3.8, 4) is 0 Å². The molecule has 1 aromatic rings. The summed E-state index contributed by atoms with van der Waals surface area (Å²) in [6.45, 7) is 0.793. The first-order valence-corrected chi connectivity index (χ1v) is 7.18. The van der Waals surface area contributed by atoms with Gasteiger partial charge < -0.3 is 15.2 Å². The monoisotopic (exact) mass is 301 g/mol. The van der Waals surface area contributed by atoms with Gasteiger partial charge in [-0.05, 0) is 25.7 Å². The van der Waals surface area contributed by atoms with Crippen LogP contribution >= 0.6 is 11.6 Å². The van der Waals surface area contributed by atoms with Gasteiger partial charge in [-0.25, -0.2) is 4.68 Å². The van der Waals surface area contributed by atoms with E-state index in [9.17, 15) is 9.90 Å². The van der Waals surface area contributed by atoms with Crippen LogP contribution in [0.5, 0.6) is 0 Å². The molecule has 2 rings (SSSR count). The molecule has 1 fully saturated rings. The second kappa shape index (κ2) is 7.06. The van der Waals surface area contributed by atoms with E-state index in [4.69, 9.17) is 16.3 Å². The molecule has 0 aromatic carbocycles. The van der Waals surface area contributed by atoms with Gasteiger partial charge in [-0.2, -0.15) is 5.10 Å². The van der Waals surface area contributed by atoms with E-state index in [2.05, 4.69) is 10.4 Å². The molecule has 0 unspecified atom stereocenters. The van der Waals surface area contributed by atoms with Crippen LogP contribution in [0.3, 0.4) is 0 Å². The molecule has 7 heteroatoms. The molecular formula is C13H20ClN3O3. The van der Waals surface area contributed by atoms with Crippen molar-refractivity contribution in [2.24, 2.45) is 0 Å². The summed E-state index contributed by atoms with van der Waals surface area (Å²) in [4.78, 5) is 12.0. The van der Waals surface area contributed by atoms with Crippen molar-refractivity contribution in [3.05, 3.63) is 21.6 Å². The van der Waals surface area contributed by atoms with Gasteiger partial charge in [0, 0.05) is 13.2 Å². The zero-order valence-corrected chi connectivity index (χ0v) is 12.3. The van der Waals surface area contributed by atoms with Gasteiger partial charge in [-0.3, -0.25) is 4.79 Å². The van der Waals surface area contributed by atoms with Crippen LogP contribution in [0.2, 0.25) is 5.02 Å². The molecule has 1 saturated carbocycles. The second-order valence-corrected chi connectivity index (χ2v) is 5.42. The number of hydrogen-bond acceptors (Lipinski definition) is 5. The van der Waals surface area contributed by atoms with Gasteiger partial charge in [0.2, 0.25) is 0 Å². The van der Waals surface area contributed by atoms with Crippen molar-refractivity contribution in [3.63, 3.8) is 0 Å². The Morgan fingerprint density at radius 3 is 2.85 bits per heavy atom. The van der Waals surface area contributed by atoms with E-state index >= 15 is 0 Å². The Morgan fingerprint density at radius 2 is 2.20 bits per heavy atom. The van der Waals surface area contributed by atoms with Crippen molar-refractivity contribution < 1.29 is 9.84 Å². The van der Waals surface area contributed by atoms with E-state index in [1.807, 2.05) is 0 Å². The van der Waals surface area contributed by atoms with Gasteiger partial charge in [0.05, 0.1) is 31.1 Å². The minimum Gasteiger partial charge on any atom is -0.393 e. The Hall–Kier alpha value is -1.11. The average Bonchev–Trinajstić information content (AvgIpc) is 2.45. The Balaban J connectivity index is 2.05. The molecular weight excluding hydrogens is 282 g/mol. The quantitative estimate of drug-likeness (QED) is 0.856. The van der Waals surface area contributed by atoms with Crippen LogP contribution in [0.25, 0.3) is 0 Å². The number of aliphatic hydroxyl groups is 1.